The largest absolute Gasteiger partial charge is 0.332 e. The van der Waals surface area contributed by atoms with Gasteiger partial charge in [0.15, 0.2) is 0 Å². The van der Waals surface area contributed by atoms with Crippen LogP contribution in [0.5, 0.6) is 0 Å². The average Bonchev–Trinajstić information content (AvgIpc) is 3.26. The fourth-order valence-electron chi connectivity index (χ4n) is 5.42. The molecule has 3 aliphatic heterocycles. The molecule has 0 bridgehead atoms. The normalized spacial score (nSPS) is 27.7. The number of para-hydroxylation sites is 1. The van der Waals surface area contributed by atoms with Crippen LogP contribution in [0.3, 0.4) is 0 Å². The third-order valence-corrected chi connectivity index (χ3v) is 6.90. The summed E-state index contributed by atoms with van der Waals surface area (Å²) in [6.07, 6.45) is 5.32. The summed E-state index contributed by atoms with van der Waals surface area (Å²) in [5, 5.41) is 0. The van der Waals surface area contributed by atoms with Gasteiger partial charge >= 0.3 is 0 Å². The van der Waals surface area contributed by atoms with Crippen LogP contribution in [0.4, 0.5) is 5.69 Å². The van der Waals surface area contributed by atoms with Gasteiger partial charge in [0, 0.05) is 18.7 Å². The molecular formula is C24H26N2O3. The Balaban J connectivity index is 1.30. The molecule has 5 heteroatoms. The van der Waals surface area contributed by atoms with Gasteiger partial charge in [0.05, 0.1) is 24.6 Å². The number of hydrogen-bond acceptors (Lipinski definition) is 4. The molecule has 2 aromatic carbocycles. The lowest BCUT2D eigenvalue weighted by molar-refractivity contribution is -0.190. The van der Waals surface area contributed by atoms with Crippen molar-refractivity contribution in [3.8, 4) is 0 Å². The van der Waals surface area contributed by atoms with Crippen molar-refractivity contribution in [3.05, 3.63) is 65.2 Å². The molecule has 0 aromatic heterocycles. The zero-order valence-corrected chi connectivity index (χ0v) is 16.5. The van der Waals surface area contributed by atoms with Crippen LogP contribution in [-0.2, 0) is 33.0 Å². The van der Waals surface area contributed by atoms with E-state index in [2.05, 4.69) is 29.2 Å². The van der Waals surface area contributed by atoms with Crippen LogP contribution in [0.2, 0.25) is 0 Å². The summed E-state index contributed by atoms with van der Waals surface area (Å²) >= 11 is 0. The smallest absolute Gasteiger partial charge is 0.293 e. The van der Waals surface area contributed by atoms with E-state index < -0.39 is 5.79 Å². The minimum atomic E-state index is -1.25. The molecule has 2 atom stereocenters. The van der Waals surface area contributed by atoms with Gasteiger partial charge in [-0.2, -0.15) is 0 Å². The van der Waals surface area contributed by atoms with E-state index in [1.54, 1.807) is 0 Å². The molecule has 29 heavy (non-hydrogen) atoms. The van der Waals surface area contributed by atoms with Crippen LogP contribution < -0.4 is 4.90 Å². The van der Waals surface area contributed by atoms with Crippen LogP contribution in [0.15, 0.2) is 48.5 Å². The van der Waals surface area contributed by atoms with E-state index in [-0.39, 0.29) is 18.1 Å². The third-order valence-electron chi connectivity index (χ3n) is 6.90. The van der Waals surface area contributed by atoms with E-state index in [1.807, 2.05) is 29.2 Å². The van der Waals surface area contributed by atoms with Gasteiger partial charge in [-0.25, -0.2) is 0 Å². The van der Waals surface area contributed by atoms with Crippen molar-refractivity contribution in [3.63, 3.8) is 0 Å². The molecular weight excluding hydrogens is 364 g/mol. The maximum atomic E-state index is 13.7. The number of amides is 1. The molecule has 1 saturated carbocycles. The van der Waals surface area contributed by atoms with Gasteiger partial charge in [-0.1, -0.05) is 55.3 Å². The van der Waals surface area contributed by atoms with Gasteiger partial charge in [-0.15, -0.1) is 0 Å². The number of carbonyl (C=O) groups excluding carboxylic acids is 1. The maximum absolute atomic E-state index is 13.7. The molecule has 2 aromatic rings. The highest BCUT2D eigenvalue weighted by Crippen LogP contribution is 2.51. The Hall–Kier alpha value is -2.21. The standard InChI is InChI=1S/C24H26N2O3/c27-23-24(28-21-11-5-6-12-22(21)29-24)19-9-3-4-10-20(19)26(23)16-25-14-13-17-7-1-2-8-18(17)15-25/h1-4,7-10,21-22H,5-6,11-16H2/t21-,22-/m0/s1. The number of rotatable bonds is 2. The number of carbonyl (C=O) groups is 1. The zero-order chi connectivity index (χ0) is 19.4. The van der Waals surface area contributed by atoms with Crippen LogP contribution in [0.1, 0.15) is 42.4 Å². The number of hydrogen-bond donors (Lipinski definition) is 0. The Morgan fingerprint density at radius 2 is 1.62 bits per heavy atom. The summed E-state index contributed by atoms with van der Waals surface area (Å²) in [5.41, 5.74) is 4.57. The number of ether oxygens (including phenoxy) is 2. The molecule has 1 spiro atoms. The van der Waals surface area contributed by atoms with Crippen molar-refractivity contribution in [1.82, 2.24) is 4.90 Å². The zero-order valence-electron chi connectivity index (χ0n) is 16.5. The lowest BCUT2D eigenvalue weighted by Gasteiger charge is -2.32. The second kappa shape index (κ2) is 6.66. The molecule has 0 unspecified atom stereocenters. The number of nitrogens with zero attached hydrogens (tertiary/aromatic N) is 2. The van der Waals surface area contributed by atoms with Gasteiger partial charge in [-0.3, -0.25) is 14.6 Å². The average molecular weight is 390 g/mol. The number of anilines is 1. The maximum Gasteiger partial charge on any atom is 0.293 e. The van der Waals surface area contributed by atoms with E-state index in [9.17, 15) is 4.79 Å². The summed E-state index contributed by atoms with van der Waals surface area (Å²) in [6.45, 7) is 2.37. The minimum Gasteiger partial charge on any atom is -0.332 e. The molecule has 150 valence electrons. The van der Waals surface area contributed by atoms with Gasteiger partial charge in [0.1, 0.15) is 0 Å². The number of benzene rings is 2. The van der Waals surface area contributed by atoms with Crippen molar-refractivity contribution in [1.29, 1.82) is 0 Å². The Labute approximate surface area is 171 Å². The summed E-state index contributed by atoms with van der Waals surface area (Å²) in [4.78, 5) is 17.9. The van der Waals surface area contributed by atoms with Crippen LogP contribution in [0.25, 0.3) is 0 Å². The van der Waals surface area contributed by atoms with E-state index in [1.165, 1.54) is 11.1 Å². The van der Waals surface area contributed by atoms with Gasteiger partial charge < -0.3 is 9.47 Å². The molecule has 0 radical (unpaired) electrons. The van der Waals surface area contributed by atoms with Gasteiger partial charge in [-0.05, 0) is 36.5 Å². The second-order valence-corrected chi connectivity index (χ2v) is 8.68. The third kappa shape index (κ3) is 2.68. The quantitative estimate of drug-likeness (QED) is 0.786. The molecule has 4 aliphatic rings. The lowest BCUT2D eigenvalue weighted by atomic mass is 9.95. The molecule has 5 nitrogen and oxygen atoms in total. The molecule has 6 rings (SSSR count). The van der Waals surface area contributed by atoms with Crippen LogP contribution >= 0.6 is 0 Å². The first-order valence-corrected chi connectivity index (χ1v) is 10.8. The highest BCUT2D eigenvalue weighted by atomic mass is 16.8. The van der Waals surface area contributed by atoms with E-state index in [4.69, 9.17) is 9.47 Å². The van der Waals surface area contributed by atoms with Crippen molar-refractivity contribution in [2.75, 3.05) is 18.1 Å². The second-order valence-electron chi connectivity index (χ2n) is 8.68. The SMILES string of the molecule is O=C1N(CN2CCc3ccccc3C2)c2ccccc2C12O[C@H]1CCCC[C@@H]1O2. The highest BCUT2D eigenvalue weighted by molar-refractivity contribution is 6.06. The Bertz CT molecular complexity index is 945. The van der Waals surface area contributed by atoms with Crippen molar-refractivity contribution in [2.24, 2.45) is 0 Å². The minimum absolute atomic E-state index is 0.0302. The molecule has 0 N–H and O–H groups in total. The van der Waals surface area contributed by atoms with Gasteiger partial charge in [0.25, 0.3) is 11.7 Å². The van der Waals surface area contributed by atoms with Crippen molar-refractivity contribution in [2.45, 2.75) is 56.6 Å². The summed E-state index contributed by atoms with van der Waals surface area (Å²) in [6, 6.07) is 16.6. The monoisotopic (exact) mass is 390 g/mol. The summed E-state index contributed by atoms with van der Waals surface area (Å²) in [5.74, 6) is -1.31. The highest BCUT2D eigenvalue weighted by Gasteiger charge is 2.61. The predicted octanol–water partition coefficient (Wildman–Crippen LogP) is 3.56. The van der Waals surface area contributed by atoms with E-state index in [0.29, 0.717) is 6.67 Å². The first kappa shape index (κ1) is 17.6. The van der Waals surface area contributed by atoms with E-state index >= 15 is 0 Å². The van der Waals surface area contributed by atoms with Gasteiger partial charge in [0.2, 0.25) is 0 Å². The molecule has 1 amide bonds. The van der Waals surface area contributed by atoms with Crippen LogP contribution in [0, 0.1) is 0 Å². The van der Waals surface area contributed by atoms with Crippen molar-refractivity contribution < 1.29 is 14.3 Å². The Morgan fingerprint density at radius 1 is 0.931 bits per heavy atom. The summed E-state index contributed by atoms with van der Waals surface area (Å²) in [7, 11) is 0. The van der Waals surface area contributed by atoms with Crippen LogP contribution in [-0.4, -0.2) is 36.2 Å². The molecule has 1 saturated heterocycles. The predicted molar refractivity (Wildman–Crippen MR) is 109 cm³/mol. The van der Waals surface area contributed by atoms with Crippen molar-refractivity contribution >= 4 is 11.6 Å². The first-order chi connectivity index (χ1) is 14.2. The lowest BCUT2D eigenvalue weighted by Crippen LogP contribution is -2.47. The molecule has 2 fully saturated rings. The van der Waals surface area contributed by atoms with E-state index in [0.717, 1.165) is 56.4 Å². The fraction of sp³-hybridized carbons (Fsp3) is 0.458. The Morgan fingerprint density at radius 3 is 2.41 bits per heavy atom. The first-order valence-electron chi connectivity index (χ1n) is 10.8. The summed E-state index contributed by atoms with van der Waals surface area (Å²) < 4.78 is 12.8. The number of fused-ring (bicyclic) bond motifs is 4. The molecule has 1 aliphatic carbocycles. The fourth-order valence-corrected chi connectivity index (χ4v) is 5.42. The Kier molecular flexibility index (Phi) is 4.05. The molecule has 3 heterocycles. The topological polar surface area (TPSA) is 42.0 Å².